The third-order valence-corrected chi connectivity index (χ3v) is 5.84. The smallest absolute Gasteiger partial charge is 0.301 e. The molecule has 0 saturated heterocycles. The summed E-state index contributed by atoms with van der Waals surface area (Å²) < 4.78 is 24.6. The van der Waals surface area contributed by atoms with Crippen molar-refractivity contribution in [3.8, 4) is 0 Å². The Labute approximate surface area is 187 Å². The van der Waals surface area contributed by atoms with E-state index in [1.54, 1.807) is 88.4 Å². The third-order valence-electron chi connectivity index (χ3n) is 3.67. The van der Waals surface area contributed by atoms with Crippen LogP contribution in [0.3, 0.4) is 0 Å². The largest absolute Gasteiger partial charge is 0.383 e. The lowest BCUT2D eigenvalue weighted by atomic mass is 10.2. The van der Waals surface area contributed by atoms with E-state index in [-0.39, 0.29) is 5.45 Å². The molecule has 2 amide bonds. The van der Waals surface area contributed by atoms with Crippen molar-refractivity contribution in [3.63, 3.8) is 0 Å². The van der Waals surface area contributed by atoms with Gasteiger partial charge in [0, 0.05) is 11.1 Å². The first-order valence-electron chi connectivity index (χ1n) is 10.00. The second-order valence-corrected chi connectivity index (χ2v) is 9.02. The first-order chi connectivity index (χ1) is 15.2. The van der Waals surface area contributed by atoms with Gasteiger partial charge in [-0.25, -0.2) is 10.9 Å². The zero-order chi connectivity index (χ0) is 23.6. The Kier molecular flexibility index (Phi) is 9.46. The number of rotatable bonds is 10. The standard InChI is InChI=1S/C22H27N4O5P/c1-16(2)30-32(29,31-17(3)4)20(24-26-22(28)19-13-9-6-10-14-19)15-23-25-21(27)18-11-7-5-8-12-18/h5-17H,1-4H3,(H,25,27)(H,26,28). The number of hydrazone groups is 2. The van der Waals surface area contributed by atoms with Crippen LogP contribution in [-0.4, -0.2) is 35.7 Å². The highest BCUT2D eigenvalue weighted by Crippen LogP contribution is 2.51. The fourth-order valence-corrected chi connectivity index (χ4v) is 4.16. The maximum atomic E-state index is 13.5. The summed E-state index contributed by atoms with van der Waals surface area (Å²) in [5, 5.41) is 7.79. The summed E-state index contributed by atoms with van der Waals surface area (Å²) in [5.41, 5.74) is 5.15. The van der Waals surface area contributed by atoms with E-state index in [1.165, 1.54) is 0 Å². The van der Waals surface area contributed by atoms with Gasteiger partial charge in [0.2, 0.25) is 0 Å². The average Bonchev–Trinajstić information content (AvgIpc) is 2.75. The first-order valence-corrected chi connectivity index (χ1v) is 11.5. The van der Waals surface area contributed by atoms with Crippen LogP contribution in [0, 0.1) is 0 Å². The van der Waals surface area contributed by atoms with Crippen LogP contribution < -0.4 is 10.9 Å². The van der Waals surface area contributed by atoms with Crippen LogP contribution in [0.4, 0.5) is 0 Å². The molecule has 0 bridgehead atoms. The Hall–Kier alpha value is -3.13. The van der Waals surface area contributed by atoms with Crippen LogP contribution in [0.25, 0.3) is 0 Å². The molecule has 0 spiro atoms. The summed E-state index contributed by atoms with van der Waals surface area (Å²) in [6, 6.07) is 16.8. The quantitative estimate of drug-likeness (QED) is 0.314. The number of nitrogens with one attached hydrogen (secondary N) is 2. The van der Waals surface area contributed by atoms with Crippen molar-refractivity contribution in [2.45, 2.75) is 39.9 Å². The minimum Gasteiger partial charge on any atom is -0.301 e. The van der Waals surface area contributed by atoms with Crippen LogP contribution in [0.15, 0.2) is 70.9 Å². The molecule has 170 valence electrons. The lowest BCUT2D eigenvalue weighted by molar-refractivity contribution is 0.0946. The molecule has 0 unspecified atom stereocenters. The normalized spacial score (nSPS) is 12.4. The highest BCUT2D eigenvalue weighted by atomic mass is 31.2. The Balaban J connectivity index is 2.30. The summed E-state index contributed by atoms with van der Waals surface area (Å²) in [5.74, 6) is -0.996. The Morgan fingerprint density at radius 3 is 1.69 bits per heavy atom. The maximum Gasteiger partial charge on any atom is 0.383 e. The number of benzene rings is 2. The molecular weight excluding hydrogens is 431 g/mol. The van der Waals surface area contributed by atoms with Crippen molar-refractivity contribution in [2.75, 3.05) is 0 Å². The molecule has 10 heteroatoms. The van der Waals surface area contributed by atoms with Crippen molar-refractivity contribution < 1.29 is 23.2 Å². The molecule has 32 heavy (non-hydrogen) atoms. The average molecular weight is 458 g/mol. The topological polar surface area (TPSA) is 118 Å². The summed E-state index contributed by atoms with van der Waals surface area (Å²) in [7, 11) is -3.99. The fraction of sp³-hybridized carbons (Fsp3) is 0.273. The highest BCUT2D eigenvalue weighted by molar-refractivity contribution is 7.75. The number of amides is 2. The van der Waals surface area contributed by atoms with Crippen LogP contribution in [0.1, 0.15) is 48.4 Å². The van der Waals surface area contributed by atoms with E-state index in [0.29, 0.717) is 11.1 Å². The number of carbonyl (C=O) groups excluding carboxylic acids is 2. The van der Waals surface area contributed by atoms with Gasteiger partial charge < -0.3 is 9.05 Å². The zero-order valence-corrected chi connectivity index (χ0v) is 19.3. The van der Waals surface area contributed by atoms with Crippen LogP contribution >= 0.6 is 7.60 Å². The molecule has 0 atom stereocenters. The molecule has 0 radical (unpaired) electrons. The molecule has 2 N–H and O–H groups in total. The van der Waals surface area contributed by atoms with Crippen molar-refractivity contribution in [3.05, 3.63) is 71.8 Å². The molecule has 0 aliphatic heterocycles. The van der Waals surface area contributed by atoms with Gasteiger partial charge in [-0.1, -0.05) is 36.4 Å². The molecule has 0 heterocycles. The zero-order valence-electron chi connectivity index (χ0n) is 18.4. The Bertz CT molecular complexity index is 993. The Morgan fingerprint density at radius 1 is 0.812 bits per heavy atom. The minimum atomic E-state index is -3.99. The molecule has 2 rings (SSSR count). The van der Waals surface area contributed by atoms with Crippen molar-refractivity contribution in [1.82, 2.24) is 10.9 Å². The monoisotopic (exact) mass is 458 g/mol. The van der Waals surface area contributed by atoms with Gasteiger partial charge in [0.25, 0.3) is 11.8 Å². The lowest BCUT2D eigenvalue weighted by Crippen LogP contribution is -2.24. The van der Waals surface area contributed by atoms with Gasteiger partial charge in [0.05, 0.1) is 18.4 Å². The van der Waals surface area contributed by atoms with Gasteiger partial charge in [-0.2, -0.15) is 10.2 Å². The maximum absolute atomic E-state index is 13.5. The lowest BCUT2D eigenvalue weighted by Gasteiger charge is -2.22. The number of carbonyl (C=O) groups is 2. The van der Waals surface area contributed by atoms with E-state index in [2.05, 4.69) is 21.1 Å². The fourth-order valence-electron chi connectivity index (χ4n) is 2.41. The summed E-state index contributed by atoms with van der Waals surface area (Å²) in [6.07, 6.45) is 0.0984. The van der Waals surface area contributed by atoms with Gasteiger partial charge >= 0.3 is 7.60 Å². The van der Waals surface area contributed by atoms with Crippen molar-refractivity contribution >= 4 is 31.1 Å². The summed E-state index contributed by atoms with van der Waals surface area (Å²) >= 11 is 0. The van der Waals surface area contributed by atoms with E-state index >= 15 is 0 Å². The van der Waals surface area contributed by atoms with E-state index in [9.17, 15) is 14.2 Å². The van der Waals surface area contributed by atoms with Gasteiger partial charge in [-0.05, 0) is 52.0 Å². The van der Waals surface area contributed by atoms with Gasteiger partial charge in [0.15, 0.2) is 5.45 Å². The molecule has 0 aliphatic carbocycles. The van der Waals surface area contributed by atoms with Crippen LogP contribution in [0.5, 0.6) is 0 Å². The highest BCUT2D eigenvalue weighted by Gasteiger charge is 2.34. The molecule has 2 aromatic carbocycles. The number of hydrogen-bond acceptors (Lipinski definition) is 7. The van der Waals surface area contributed by atoms with E-state index < -0.39 is 31.6 Å². The second kappa shape index (κ2) is 12.0. The molecule has 0 saturated carbocycles. The molecule has 0 aliphatic rings. The summed E-state index contributed by atoms with van der Waals surface area (Å²) in [6.45, 7) is 6.74. The third kappa shape index (κ3) is 7.85. The van der Waals surface area contributed by atoms with E-state index in [4.69, 9.17) is 9.05 Å². The van der Waals surface area contributed by atoms with Gasteiger partial charge in [0.1, 0.15) is 0 Å². The summed E-state index contributed by atoms with van der Waals surface area (Å²) in [4.78, 5) is 24.6. The van der Waals surface area contributed by atoms with Crippen LogP contribution in [-0.2, 0) is 13.6 Å². The van der Waals surface area contributed by atoms with Crippen molar-refractivity contribution in [2.24, 2.45) is 10.2 Å². The molecular formula is C22H27N4O5P. The number of nitrogens with zero attached hydrogens (tertiary/aromatic N) is 2. The first kappa shape index (κ1) is 25.1. The SMILES string of the molecule is CC(C)OP(=O)(OC(C)C)C(C=NNC(=O)c1ccccc1)=NNC(=O)c1ccccc1. The minimum absolute atomic E-state index is 0.266. The predicted octanol–water partition coefficient (Wildman–Crippen LogP) is 4.19. The second-order valence-electron chi connectivity index (χ2n) is 7.15. The van der Waals surface area contributed by atoms with E-state index in [0.717, 1.165) is 6.21 Å². The van der Waals surface area contributed by atoms with Gasteiger partial charge in [-0.15, -0.1) is 0 Å². The Morgan fingerprint density at radius 2 is 1.25 bits per heavy atom. The van der Waals surface area contributed by atoms with Crippen LogP contribution in [0.2, 0.25) is 0 Å². The van der Waals surface area contributed by atoms with E-state index in [1.807, 2.05) is 0 Å². The predicted molar refractivity (Wildman–Crippen MR) is 124 cm³/mol. The van der Waals surface area contributed by atoms with Gasteiger partial charge in [-0.3, -0.25) is 14.2 Å². The molecule has 9 nitrogen and oxygen atoms in total. The molecule has 0 aromatic heterocycles. The molecule has 0 fully saturated rings. The number of hydrogen-bond donors (Lipinski definition) is 2. The van der Waals surface area contributed by atoms with Crippen molar-refractivity contribution in [1.29, 1.82) is 0 Å². The molecule has 2 aromatic rings.